The third-order valence-corrected chi connectivity index (χ3v) is 7.74. The second-order valence-corrected chi connectivity index (χ2v) is 9.80. The summed E-state index contributed by atoms with van der Waals surface area (Å²) in [6.45, 7) is 4.16. The normalized spacial score (nSPS) is 19.3. The van der Waals surface area contributed by atoms with Crippen molar-refractivity contribution < 1.29 is 12.8 Å². The van der Waals surface area contributed by atoms with Gasteiger partial charge in [0.05, 0.1) is 16.3 Å². The van der Waals surface area contributed by atoms with Crippen LogP contribution in [0, 0.1) is 12.7 Å². The van der Waals surface area contributed by atoms with Crippen LogP contribution in [-0.4, -0.2) is 42.9 Å². The Morgan fingerprint density at radius 2 is 1.69 bits per heavy atom. The molecular weight excluding hydrogens is 413 g/mol. The number of nitrogens with zero attached hydrogens (tertiary/aromatic N) is 3. The van der Waals surface area contributed by atoms with Crippen molar-refractivity contribution >= 4 is 33.0 Å². The van der Waals surface area contributed by atoms with Crippen molar-refractivity contribution in [3.63, 3.8) is 0 Å². The molecule has 0 aromatic heterocycles. The van der Waals surface area contributed by atoms with Crippen LogP contribution in [0.15, 0.2) is 57.3 Å². The largest absolute Gasteiger partial charge is 0.258 e. The van der Waals surface area contributed by atoms with E-state index in [1.54, 1.807) is 6.92 Å². The van der Waals surface area contributed by atoms with Gasteiger partial charge in [-0.2, -0.15) is 4.31 Å². The Morgan fingerprint density at radius 3 is 2.34 bits per heavy atom. The molecule has 1 spiro atoms. The average Bonchev–Trinajstić information content (AvgIpc) is 3.00. The molecule has 1 fully saturated rings. The Kier molecular flexibility index (Phi) is 5.09. The minimum absolute atomic E-state index is 0.0184. The summed E-state index contributed by atoms with van der Waals surface area (Å²) in [6.07, 6.45) is 0.962. The number of halogens is 2. The molecule has 0 amide bonds. The molecule has 0 unspecified atom stereocenters. The van der Waals surface area contributed by atoms with Gasteiger partial charge in [0.1, 0.15) is 5.82 Å². The van der Waals surface area contributed by atoms with Crippen LogP contribution in [0.3, 0.4) is 0 Å². The highest BCUT2D eigenvalue weighted by molar-refractivity contribution is 7.89. The summed E-state index contributed by atoms with van der Waals surface area (Å²) >= 11 is 5.97. The SMILES string of the molecule is CC1=NC2(CCN(S(=O)(=O)c3cc(F)ccc3C)CC2)N=C1c1ccc(Cl)cc1. The van der Waals surface area contributed by atoms with Gasteiger partial charge in [0, 0.05) is 36.5 Å². The number of hydrogen-bond donors (Lipinski definition) is 0. The predicted molar refractivity (Wildman–Crippen MR) is 113 cm³/mol. The first-order valence-electron chi connectivity index (χ1n) is 9.39. The van der Waals surface area contributed by atoms with Gasteiger partial charge < -0.3 is 0 Å². The van der Waals surface area contributed by atoms with Gasteiger partial charge in [0.15, 0.2) is 5.66 Å². The van der Waals surface area contributed by atoms with Crippen LogP contribution >= 0.6 is 11.6 Å². The first-order valence-corrected chi connectivity index (χ1v) is 11.2. The smallest absolute Gasteiger partial charge is 0.243 e. The van der Waals surface area contributed by atoms with Crippen molar-refractivity contribution in [1.82, 2.24) is 4.31 Å². The molecule has 0 atom stereocenters. The predicted octanol–water partition coefficient (Wildman–Crippen LogP) is 4.23. The summed E-state index contributed by atoms with van der Waals surface area (Å²) in [6, 6.07) is 11.3. The van der Waals surface area contributed by atoms with E-state index in [1.807, 2.05) is 31.2 Å². The summed E-state index contributed by atoms with van der Waals surface area (Å²) in [5.74, 6) is -0.559. The van der Waals surface area contributed by atoms with Crippen LogP contribution < -0.4 is 0 Å². The molecule has 0 aliphatic carbocycles. The first kappa shape index (κ1) is 20.2. The maximum absolute atomic E-state index is 13.6. The topological polar surface area (TPSA) is 62.1 Å². The van der Waals surface area contributed by atoms with Gasteiger partial charge in [-0.15, -0.1) is 0 Å². The minimum atomic E-state index is -3.76. The lowest BCUT2D eigenvalue weighted by atomic mass is 10.00. The third-order valence-electron chi connectivity index (χ3n) is 5.45. The number of aryl methyl sites for hydroxylation is 1. The molecule has 4 rings (SSSR count). The highest BCUT2D eigenvalue weighted by Gasteiger charge is 2.41. The van der Waals surface area contributed by atoms with E-state index in [0.29, 0.717) is 23.4 Å². The third kappa shape index (κ3) is 3.74. The Morgan fingerprint density at radius 1 is 1.03 bits per heavy atom. The van der Waals surface area contributed by atoms with E-state index < -0.39 is 21.5 Å². The molecule has 0 N–H and O–H groups in total. The molecular formula is C21H21ClFN3O2S. The van der Waals surface area contributed by atoms with Gasteiger partial charge in [0.2, 0.25) is 10.0 Å². The second-order valence-electron chi connectivity index (χ2n) is 7.46. The van der Waals surface area contributed by atoms with Gasteiger partial charge in [0.25, 0.3) is 0 Å². The fourth-order valence-electron chi connectivity index (χ4n) is 3.86. The molecule has 1 saturated heterocycles. The lowest BCUT2D eigenvalue weighted by Crippen LogP contribution is -2.44. The molecule has 0 radical (unpaired) electrons. The zero-order valence-electron chi connectivity index (χ0n) is 16.2. The zero-order chi connectivity index (χ0) is 20.8. The lowest BCUT2D eigenvalue weighted by Gasteiger charge is -2.35. The summed E-state index contributed by atoms with van der Waals surface area (Å²) < 4.78 is 41.1. The second kappa shape index (κ2) is 7.31. The molecule has 8 heteroatoms. The summed E-state index contributed by atoms with van der Waals surface area (Å²) in [7, 11) is -3.76. The van der Waals surface area contributed by atoms with Crippen molar-refractivity contribution in [3.05, 3.63) is 64.4 Å². The quantitative estimate of drug-likeness (QED) is 0.727. The van der Waals surface area contributed by atoms with E-state index in [0.717, 1.165) is 23.1 Å². The fourth-order valence-corrected chi connectivity index (χ4v) is 5.66. The Balaban J connectivity index is 1.56. The van der Waals surface area contributed by atoms with E-state index in [9.17, 15) is 12.8 Å². The standard InChI is InChI=1S/C21H21ClFN3O2S/c1-14-3-8-18(23)13-19(14)29(27,28)26-11-9-21(10-12-26)24-15(2)20(25-21)16-4-6-17(22)7-5-16/h3-8,13H,9-12H2,1-2H3. The Hall–Kier alpha value is -2.09. The van der Waals surface area contributed by atoms with E-state index in [2.05, 4.69) is 0 Å². The molecule has 2 aromatic rings. The fraction of sp³-hybridized carbons (Fsp3) is 0.333. The van der Waals surface area contributed by atoms with Gasteiger partial charge in [-0.3, -0.25) is 9.98 Å². The maximum Gasteiger partial charge on any atom is 0.243 e. The van der Waals surface area contributed by atoms with E-state index in [1.165, 1.54) is 16.4 Å². The Labute approximate surface area is 175 Å². The minimum Gasteiger partial charge on any atom is -0.258 e. The van der Waals surface area contributed by atoms with Crippen LogP contribution in [0.25, 0.3) is 0 Å². The van der Waals surface area contributed by atoms with Gasteiger partial charge >= 0.3 is 0 Å². The van der Waals surface area contributed by atoms with Crippen molar-refractivity contribution in [2.75, 3.05) is 13.1 Å². The highest BCUT2D eigenvalue weighted by atomic mass is 35.5. The average molecular weight is 434 g/mol. The molecule has 5 nitrogen and oxygen atoms in total. The Bertz CT molecular complexity index is 1120. The van der Waals surface area contributed by atoms with Crippen LogP contribution in [0.5, 0.6) is 0 Å². The van der Waals surface area contributed by atoms with Crippen molar-refractivity contribution in [1.29, 1.82) is 0 Å². The summed E-state index contributed by atoms with van der Waals surface area (Å²) in [4.78, 5) is 9.67. The van der Waals surface area contributed by atoms with Crippen molar-refractivity contribution in [3.8, 4) is 0 Å². The number of benzene rings is 2. The van der Waals surface area contributed by atoms with Crippen LogP contribution in [0.4, 0.5) is 4.39 Å². The van der Waals surface area contributed by atoms with E-state index in [4.69, 9.17) is 21.6 Å². The van der Waals surface area contributed by atoms with Gasteiger partial charge in [-0.25, -0.2) is 12.8 Å². The molecule has 0 saturated carbocycles. The van der Waals surface area contributed by atoms with Crippen molar-refractivity contribution in [2.24, 2.45) is 9.98 Å². The molecule has 2 heterocycles. The van der Waals surface area contributed by atoms with Crippen LogP contribution in [0.1, 0.15) is 30.9 Å². The first-order chi connectivity index (χ1) is 13.7. The number of piperidine rings is 1. The molecule has 2 aliphatic heterocycles. The molecule has 152 valence electrons. The monoisotopic (exact) mass is 433 g/mol. The van der Waals surface area contributed by atoms with Gasteiger partial charge in [-0.05, 0) is 43.7 Å². The number of aliphatic imine (C=N–C) groups is 2. The summed E-state index contributed by atoms with van der Waals surface area (Å²) in [5, 5.41) is 0.655. The van der Waals surface area contributed by atoms with E-state index >= 15 is 0 Å². The number of hydrogen-bond acceptors (Lipinski definition) is 4. The van der Waals surface area contributed by atoms with E-state index in [-0.39, 0.29) is 18.0 Å². The molecule has 29 heavy (non-hydrogen) atoms. The number of sulfonamides is 1. The molecule has 0 bridgehead atoms. The highest BCUT2D eigenvalue weighted by Crippen LogP contribution is 2.35. The van der Waals surface area contributed by atoms with Gasteiger partial charge in [-0.1, -0.05) is 29.8 Å². The zero-order valence-corrected chi connectivity index (χ0v) is 17.8. The van der Waals surface area contributed by atoms with Crippen molar-refractivity contribution in [2.45, 2.75) is 37.2 Å². The molecule has 2 aromatic carbocycles. The van der Waals surface area contributed by atoms with Crippen LogP contribution in [0.2, 0.25) is 5.02 Å². The summed E-state index contributed by atoms with van der Waals surface area (Å²) in [5.41, 5.74) is 2.49. The number of rotatable bonds is 3. The maximum atomic E-state index is 13.6. The molecule has 2 aliphatic rings. The van der Waals surface area contributed by atoms with Crippen LogP contribution in [-0.2, 0) is 10.0 Å². The lowest BCUT2D eigenvalue weighted by molar-refractivity contribution is 0.248.